The summed E-state index contributed by atoms with van der Waals surface area (Å²) in [5, 5.41) is 13.5. The van der Waals surface area contributed by atoms with E-state index >= 15 is 0 Å². The number of hydrogen-bond acceptors (Lipinski definition) is 2. The summed E-state index contributed by atoms with van der Waals surface area (Å²) in [6.07, 6.45) is 7.26. The molecule has 0 aliphatic heterocycles. The Hall–Kier alpha value is -0.0800. The van der Waals surface area contributed by atoms with E-state index in [2.05, 4.69) is 19.2 Å². The van der Waals surface area contributed by atoms with Crippen molar-refractivity contribution in [3.8, 4) is 0 Å². The predicted octanol–water partition coefficient (Wildman–Crippen LogP) is 2.31. The van der Waals surface area contributed by atoms with Gasteiger partial charge in [0.25, 0.3) is 0 Å². The van der Waals surface area contributed by atoms with Crippen LogP contribution < -0.4 is 5.32 Å². The maximum absolute atomic E-state index is 9.80. The summed E-state index contributed by atoms with van der Waals surface area (Å²) < 4.78 is 0. The van der Waals surface area contributed by atoms with Gasteiger partial charge in [0.1, 0.15) is 0 Å². The summed E-state index contributed by atoms with van der Waals surface area (Å²) in [7, 11) is 0. The molecule has 3 unspecified atom stereocenters. The van der Waals surface area contributed by atoms with Gasteiger partial charge >= 0.3 is 0 Å². The summed E-state index contributed by atoms with van der Waals surface area (Å²) in [5.41, 5.74) is 0. The Morgan fingerprint density at radius 2 is 1.93 bits per heavy atom. The van der Waals surface area contributed by atoms with E-state index < -0.39 is 0 Å². The number of hydrogen-bond donors (Lipinski definition) is 2. The maximum atomic E-state index is 9.80. The molecule has 2 nitrogen and oxygen atoms in total. The van der Waals surface area contributed by atoms with E-state index in [4.69, 9.17) is 0 Å². The Bertz CT molecular complexity index is 207. The lowest BCUT2D eigenvalue weighted by molar-refractivity contribution is 0.138. The molecule has 0 heterocycles. The second-order valence-electron chi connectivity index (χ2n) is 5.48. The summed E-state index contributed by atoms with van der Waals surface area (Å²) in [6.45, 7) is 4.67. The quantitative estimate of drug-likeness (QED) is 0.751. The highest BCUT2D eigenvalue weighted by Gasteiger charge is 2.35. The molecule has 2 heteroatoms. The average molecular weight is 211 g/mol. The summed E-state index contributed by atoms with van der Waals surface area (Å²) >= 11 is 0. The molecule has 2 fully saturated rings. The van der Waals surface area contributed by atoms with Crippen molar-refractivity contribution >= 4 is 0 Å². The average Bonchev–Trinajstić information content (AvgIpc) is 2.77. The van der Waals surface area contributed by atoms with E-state index in [1.165, 1.54) is 32.1 Å². The topological polar surface area (TPSA) is 32.3 Å². The fraction of sp³-hybridized carbons (Fsp3) is 1.00. The van der Waals surface area contributed by atoms with E-state index in [9.17, 15) is 5.11 Å². The Morgan fingerprint density at radius 3 is 2.47 bits per heavy atom. The van der Waals surface area contributed by atoms with E-state index in [0.29, 0.717) is 12.1 Å². The number of nitrogens with one attached hydrogen (secondary N) is 1. The first-order valence-electron chi connectivity index (χ1n) is 6.66. The molecular weight excluding hydrogens is 186 g/mol. The first-order valence-corrected chi connectivity index (χ1v) is 6.66. The molecule has 2 aliphatic carbocycles. The van der Waals surface area contributed by atoms with Gasteiger partial charge in [0.2, 0.25) is 0 Å². The van der Waals surface area contributed by atoms with Gasteiger partial charge in [0.05, 0.1) is 6.10 Å². The van der Waals surface area contributed by atoms with Crippen LogP contribution in [0.4, 0.5) is 0 Å². The smallest absolute Gasteiger partial charge is 0.0693 e. The molecule has 15 heavy (non-hydrogen) atoms. The predicted molar refractivity (Wildman–Crippen MR) is 62.7 cm³/mol. The Kier molecular flexibility index (Phi) is 3.68. The van der Waals surface area contributed by atoms with Crippen LogP contribution in [0.5, 0.6) is 0 Å². The van der Waals surface area contributed by atoms with Gasteiger partial charge < -0.3 is 10.4 Å². The van der Waals surface area contributed by atoms with Crippen LogP contribution in [0.25, 0.3) is 0 Å². The molecule has 0 saturated heterocycles. The van der Waals surface area contributed by atoms with Crippen molar-refractivity contribution in [2.75, 3.05) is 0 Å². The van der Waals surface area contributed by atoms with Crippen LogP contribution in [0.1, 0.15) is 52.4 Å². The molecule has 88 valence electrons. The van der Waals surface area contributed by atoms with Gasteiger partial charge in [0, 0.05) is 12.1 Å². The van der Waals surface area contributed by atoms with Gasteiger partial charge in [-0.3, -0.25) is 0 Å². The molecule has 2 aliphatic rings. The molecule has 0 bridgehead atoms. The number of rotatable bonds is 3. The lowest BCUT2D eigenvalue weighted by Gasteiger charge is -2.26. The minimum atomic E-state index is -0.0853. The van der Waals surface area contributed by atoms with Gasteiger partial charge in [-0.15, -0.1) is 0 Å². The van der Waals surface area contributed by atoms with Gasteiger partial charge in [-0.2, -0.15) is 0 Å². The van der Waals surface area contributed by atoms with Crippen molar-refractivity contribution in [3.63, 3.8) is 0 Å². The standard InChI is InChI=1S/C13H25NO/c1-3-10-7-8-11(9(10)2)14-12-5-4-6-13(12)15/h9-15H,3-8H2,1-2H3/t9?,10?,11?,12-,13-/m0/s1. The van der Waals surface area contributed by atoms with Crippen LogP contribution in [0.15, 0.2) is 0 Å². The van der Waals surface area contributed by atoms with Crippen molar-refractivity contribution < 1.29 is 5.11 Å². The molecule has 2 saturated carbocycles. The van der Waals surface area contributed by atoms with Crippen LogP contribution in [-0.2, 0) is 0 Å². The molecule has 0 aromatic heterocycles. The third-order valence-electron chi connectivity index (χ3n) is 4.66. The second-order valence-corrected chi connectivity index (χ2v) is 5.48. The lowest BCUT2D eigenvalue weighted by atomic mass is 9.93. The van der Waals surface area contributed by atoms with Gasteiger partial charge in [-0.1, -0.05) is 20.3 Å². The van der Waals surface area contributed by atoms with E-state index in [0.717, 1.165) is 18.3 Å². The van der Waals surface area contributed by atoms with Crippen molar-refractivity contribution in [2.24, 2.45) is 11.8 Å². The van der Waals surface area contributed by atoms with Crippen LogP contribution in [0.3, 0.4) is 0 Å². The normalized spacial score (nSPS) is 46.2. The van der Waals surface area contributed by atoms with Gasteiger partial charge in [-0.05, 0) is 43.9 Å². The summed E-state index contributed by atoms with van der Waals surface area (Å²) in [6, 6.07) is 1.04. The fourth-order valence-corrected chi connectivity index (χ4v) is 3.47. The molecule has 0 radical (unpaired) electrons. The Labute approximate surface area is 93.5 Å². The van der Waals surface area contributed by atoms with Crippen molar-refractivity contribution in [2.45, 2.75) is 70.6 Å². The number of aliphatic hydroxyl groups excluding tert-OH is 1. The van der Waals surface area contributed by atoms with Crippen LogP contribution in [0, 0.1) is 11.8 Å². The largest absolute Gasteiger partial charge is 0.392 e. The zero-order chi connectivity index (χ0) is 10.8. The monoisotopic (exact) mass is 211 g/mol. The van der Waals surface area contributed by atoms with E-state index in [1.807, 2.05) is 0 Å². The van der Waals surface area contributed by atoms with E-state index in [-0.39, 0.29) is 6.10 Å². The maximum Gasteiger partial charge on any atom is 0.0693 e. The van der Waals surface area contributed by atoms with Crippen LogP contribution in [-0.4, -0.2) is 23.3 Å². The van der Waals surface area contributed by atoms with Crippen molar-refractivity contribution in [3.05, 3.63) is 0 Å². The van der Waals surface area contributed by atoms with Crippen molar-refractivity contribution in [1.29, 1.82) is 0 Å². The fourth-order valence-electron chi connectivity index (χ4n) is 3.47. The molecule has 2 rings (SSSR count). The Balaban J connectivity index is 1.85. The highest BCUT2D eigenvalue weighted by atomic mass is 16.3. The zero-order valence-corrected chi connectivity index (χ0v) is 10.1. The molecule has 0 amide bonds. The lowest BCUT2D eigenvalue weighted by Crippen LogP contribution is -2.44. The molecule has 0 aromatic carbocycles. The SMILES string of the molecule is CCC1CCC(N[C@H]2CCC[C@@H]2O)C1C. The molecule has 0 spiro atoms. The van der Waals surface area contributed by atoms with Crippen LogP contribution in [0.2, 0.25) is 0 Å². The van der Waals surface area contributed by atoms with Gasteiger partial charge in [-0.25, -0.2) is 0 Å². The molecule has 0 aromatic rings. The second kappa shape index (κ2) is 4.84. The summed E-state index contributed by atoms with van der Waals surface area (Å²) in [4.78, 5) is 0. The number of aliphatic hydroxyl groups is 1. The Morgan fingerprint density at radius 1 is 1.13 bits per heavy atom. The van der Waals surface area contributed by atoms with E-state index in [1.54, 1.807) is 0 Å². The van der Waals surface area contributed by atoms with Crippen molar-refractivity contribution in [1.82, 2.24) is 5.32 Å². The highest BCUT2D eigenvalue weighted by molar-refractivity contribution is 4.92. The molecule has 5 atom stereocenters. The van der Waals surface area contributed by atoms with Crippen LogP contribution >= 0.6 is 0 Å². The third-order valence-corrected chi connectivity index (χ3v) is 4.66. The van der Waals surface area contributed by atoms with Gasteiger partial charge in [0.15, 0.2) is 0 Å². The zero-order valence-electron chi connectivity index (χ0n) is 10.1. The minimum Gasteiger partial charge on any atom is -0.392 e. The molecular formula is C13H25NO. The minimum absolute atomic E-state index is 0.0853. The third kappa shape index (κ3) is 2.36. The first kappa shape index (κ1) is 11.4. The molecule has 2 N–H and O–H groups in total. The first-order chi connectivity index (χ1) is 7.22. The highest BCUT2D eigenvalue weighted by Crippen LogP contribution is 2.35. The summed E-state index contributed by atoms with van der Waals surface area (Å²) in [5.74, 6) is 1.70.